The molecule has 3 aromatic heterocycles. The van der Waals surface area contributed by atoms with Crippen LogP contribution in [0.3, 0.4) is 0 Å². The molecule has 4 rings (SSSR count). The Labute approximate surface area is 152 Å². The molecule has 0 aliphatic heterocycles. The van der Waals surface area contributed by atoms with Gasteiger partial charge in [-0.2, -0.15) is 9.37 Å². The van der Waals surface area contributed by atoms with E-state index in [1.54, 1.807) is 6.07 Å². The average Bonchev–Trinajstić information content (AvgIpc) is 2.92. The van der Waals surface area contributed by atoms with E-state index < -0.39 is 5.95 Å². The minimum absolute atomic E-state index is 0.339. The van der Waals surface area contributed by atoms with Gasteiger partial charge < -0.3 is 4.42 Å². The van der Waals surface area contributed by atoms with Gasteiger partial charge in [0.15, 0.2) is 11.8 Å². The summed E-state index contributed by atoms with van der Waals surface area (Å²) < 4.78 is 21.7. The molecule has 26 heavy (non-hydrogen) atoms. The van der Waals surface area contributed by atoms with Gasteiger partial charge in [-0.3, -0.25) is 0 Å². The molecule has 0 amide bonds. The summed E-state index contributed by atoms with van der Waals surface area (Å²) in [4.78, 5) is 3.92. The molecule has 0 saturated carbocycles. The van der Waals surface area contributed by atoms with Gasteiger partial charge in [0.2, 0.25) is 17.4 Å². The van der Waals surface area contributed by atoms with Gasteiger partial charge in [0.25, 0.3) is 0 Å². The molecule has 0 fully saturated rings. The molecule has 0 bridgehead atoms. The number of rotatable bonds is 2. The van der Waals surface area contributed by atoms with Crippen molar-refractivity contribution in [1.82, 2.24) is 4.98 Å². The van der Waals surface area contributed by atoms with E-state index in [4.69, 9.17) is 4.42 Å². The molecule has 3 heterocycles. The highest BCUT2D eigenvalue weighted by Gasteiger charge is 2.23. The smallest absolute Gasteiger partial charge is 0.229 e. The van der Waals surface area contributed by atoms with Crippen LogP contribution in [0.25, 0.3) is 33.3 Å². The van der Waals surface area contributed by atoms with Gasteiger partial charge in [-0.1, -0.05) is 26.0 Å². The Hall–Kier alpha value is -2.75. The number of benzene rings is 1. The van der Waals surface area contributed by atoms with Crippen LogP contribution in [0, 0.1) is 19.8 Å². The first-order valence-electron chi connectivity index (χ1n) is 8.85. The highest BCUT2D eigenvalue weighted by atomic mass is 19.1. The van der Waals surface area contributed by atoms with Crippen molar-refractivity contribution in [3.05, 3.63) is 59.2 Å². The molecule has 0 saturated heterocycles. The fourth-order valence-corrected chi connectivity index (χ4v) is 3.78. The summed E-state index contributed by atoms with van der Waals surface area (Å²) in [6, 6.07) is 9.46. The quantitative estimate of drug-likeness (QED) is 0.360. The summed E-state index contributed by atoms with van der Waals surface area (Å²) >= 11 is 0. The molecule has 1 aromatic carbocycles. The van der Waals surface area contributed by atoms with Crippen LogP contribution in [-0.4, -0.2) is 4.98 Å². The Balaban J connectivity index is 2.10. The SMILES string of the molecule is Cc1c[n+](C)c(-c2c(C)ccc3c2oc2nc(F)ccc23)cc1C(C)C. The Bertz CT molecular complexity index is 1160. The summed E-state index contributed by atoms with van der Waals surface area (Å²) in [6.07, 6.45) is 2.16. The van der Waals surface area contributed by atoms with Crippen molar-refractivity contribution in [2.45, 2.75) is 33.6 Å². The second-order valence-electron chi connectivity index (χ2n) is 7.29. The van der Waals surface area contributed by atoms with Crippen molar-refractivity contribution < 1.29 is 13.4 Å². The number of fused-ring (bicyclic) bond motifs is 3. The van der Waals surface area contributed by atoms with E-state index in [2.05, 4.69) is 55.6 Å². The molecule has 4 aromatic rings. The Kier molecular flexibility index (Phi) is 3.79. The van der Waals surface area contributed by atoms with Gasteiger partial charge in [0.05, 0.1) is 5.56 Å². The van der Waals surface area contributed by atoms with Crippen molar-refractivity contribution in [3.8, 4) is 11.3 Å². The minimum atomic E-state index is -0.530. The van der Waals surface area contributed by atoms with Gasteiger partial charge in [0.1, 0.15) is 7.05 Å². The normalized spacial score (nSPS) is 11.8. The molecule has 0 spiro atoms. The number of pyridine rings is 2. The van der Waals surface area contributed by atoms with Crippen LogP contribution in [0.15, 0.2) is 40.9 Å². The highest BCUT2D eigenvalue weighted by Crippen LogP contribution is 2.37. The summed E-state index contributed by atoms with van der Waals surface area (Å²) in [5.74, 6) is -0.0984. The minimum Gasteiger partial charge on any atom is -0.437 e. The Morgan fingerprint density at radius 2 is 1.77 bits per heavy atom. The third-order valence-electron chi connectivity index (χ3n) is 5.07. The topological polar surface area (TPSA) is 29.9 Å². The Morgan fingerprint density at radius 3 is 2.50 bits per heavy atom. The van der Waals surface area contributed by atoms with E-state index in [0.717, 1.165) is 33.2 Å². The van der Waals surface area contributed by atoms with Crippen molar-refractivity contribution >= 4 is 22.1 Å². The summed E-state index contributed by atoms with van der Waals surface area (Å²) in [5.41, 5.74) is 6.91. The van der Waals surface area contributed by atoms with Crippen molar-refractivity contribution in [2.24, 2.45) is 7.05 Å². The van der Waals surface area contributed by atoms with Gasteiger partial charge in [-0.05, 0) is 43.0 Å². The number of aryl methyl sites for hydroxylation is 3. The number of hydrogen-bond donors (Lipinski definition) is 0. The van der Waals surface area contributed by atoms with Gasteiger partial charge in [0, 0.05) is 22.4 Å². The molecular formula is C22H22FN2O+. The fourth-order valence-electron chi connectivity index (χ4n) is 3.78. The largest absolute Gasteiger partial charge is 0.437 e. The first kappa shape index (κ1) is 16.7. The zero-order valence-corrected chi connectivity index (χ0v) is 15.7. The maximum Gasteiger partial charge on any atom is 0.229 e. The van der Waals surface area contributed by atoms with Crippen molar-refractivity contribution in [3.63, 3.8) is 0 Å². The molecule has 0 aliphatic carbocycles. The molecule has 0 aliphatic rings. The van der Waals surface area contributed by atoms with Crippen LogP contribution < -0.4 is 4.57 Å². The first-order chi connectivity index (χ1) is 12.4. The number of halogens is 1. The molecule has 3 nitrogen and oxygen atoms in total. The lowest BCUT2D eigenvalue weighted by molar-refractivity contribution is -0.660. The zero-order chi connectivity index (χ0) is 18.6. The van der Waals surface area contributed by atoms with Gasteiger partial charge in [-0.15, -0.1) is 0 Å². The molecular weight excluding hydrogens is 327 g/mol. The van der Waals surface area contributed by atoms with Gasteiger partial charge in [-0.25, -0.2) is 4.57 Å². The van der Waals surface area contributed by atoms with Crippen molar-refractivity contribution in [1.29, 1.82) is 0 Å². The zero-order valence-electron chi connectivity index (χ0n) is 15.7. The first-order valence-corrected chi connectivity index (χ1v) is 8.85. The van der Waals surface area contributed by atoms with Crippen LogP contribution in [0.5, 0.6) is 0 Å². The highest BCUT2D eigenvalue weighted by molar-refractivity contribution is 6.08. The van der Waals surface area contributed by atoms with Gasteiger partial charge >= 0.3 is 0 Å². The second-order valence-corrected chi connectivity index (χ2v) is 7.29. The number of aromatic nitrogens is 2. The van der Waals surface area contributed by atoms with Crippen LogP contribution in [0.1, 0.15) is 36.5 Å². The molecule has 132 valence electrons. The molecule has 4 heteroatoms. The van der Waals surface area contributed by atoms with E-state index in [9.17, 15) is 4.39 Å². The second kappa shape index (κ2) is 5.90. The standard InChI is InChI=1S/C22H22FN2O/c1-12(2)17-10-18(25(5)11-14(17)4)20-13(3)6-7-15-16-8-9-19(23)24-22(16)26-21(15)20/h6-12H,1-5H3/q+1. The summed E-state index contributed by atoms with van der Waals surface area (Å²) in [5, 5.41) is 1.79. The lowest BCUT2D eigenvalue weighted by Gasteiger charge is -2.12. The third kappa shape index (κ3) is 2.48. The number of hydrogen-bond acceptors (Lipinski definition) is 2. The number of nitrogens with zero attached hydrogens (tertiary/aromatic N) is 2. The van der Waals surface area contributed by atoms with E-state index in [1.807, 2.05) is 13.1 Å². The monoisotopic (exact) mass is 349 g/mol. The number of furan rings is 1. The van der Waals surface area contributed by atoms with Crippen LogP contribution in [0.4, 0.5) is 4.39 Å². The fraction of sp³-hybridized carbons (Fsp3) is 0.273. The van der Waals surface area contributed by atoms with E-state index >= 15 is 0 Å². The summed E-state index contributed by atoms with van der Waals surface area (Å²) in [7, 11) is 2.05. The third-order valence-corrected chi connectivity index (χ3v) is 5.07. The molecule has 0 unspecified atom stereocenters. The van der Waals surface area contributed by atoms with Crippen LogP contribution >= 0.6 is 0 Å². The molecule has 0 N–H and O–H groups in total. The summed E-state index contributed by atoms with van der Waals surface area (Å²) in [6.45, 7) is 8.62. The van der Waals surface area contributed by atoms with E-state index in [1.165, 1.54) is 17.2 Å². The predicted molar refractivity (Wildman–Crippen MR) is 102 cm³/mol. The maximum absolute atomic E-state index is 13.5. The molecule has 0 radical (unpaired) electrons. The van der Waals surface area contributed by atoms with Crippen LogP contribution in [0.2, 0.25) is 0 Å². The van der Waals surface area contributed by atoms with Crippen molar-refractivity contribution in [2.75, 3.05) is 0 Å². The maximum atomic E-state index is 13.5. The van der Waals surface area contributed by atoms with E-state index in [0.29, 0.717) is 11.6 Å². The lowest BCUT2D eigenvalue weighted by atomic mass is 9.94. The Morgan fingerprint density at radius 1 is 1.04 bits per heavy atom. The predicted octanol–water partition coefficient (Wildman–Crippen LogP) is 5.35. The van der Waals surface area contributed by atoms with E-state index in [-0.39, 0.29) is 0 Å². The lowest BCUT2D eigenvalue weighted by Crippen LogP contribution is -2.32. The average molecular weight is 349 g/mol. The molecule has 0 atom stereocenters. The van der Waals surface area contributed by atoms with Crippen LogP contribution in [-0.2, 0) is 7.05 Å².